The van der Waals surface area contributed by atoms with Crippen molar-refractivity contribution in [2.75, 3.05) is 30.6 Å². The van der Waals surface area contributed by atoms with Crippen LogP contribution in [-0.2, 0) is 6.54 Å². The minimum absolute atomic E-state index is 0.0216. The Bertz CT molecular complexity index is 544. The van der Waals surface area contributed by atoms with Crippen LogP contribution < -0.4 is 20.9 Å². The van der Waals surface area contributed by atoms with Gasteiger partial charge in [0, 0.05) is 13.1 Å². The lowest BCUT2D eigenvalue weighted by molar-refractivity contribution is 0.300. The fraction of sp³-hybridized carbons (Fsp3) is 0.308. The van der Waals surface area contributed by atoms with E-state index in [9.17, 15) is 5.11 Å². The number of nitrogen functional groups attached to an aromatic ring is 1. The summed E-state index contributed by atoms with van der Waals surface area (Å²) in [6.45, 7) is 0.914. The predicted molar refractivity (Wildman–Crippen MR) is 78.8 cm³/mol. The van der Waals surface area contributed by atoms with Crippen molar-refractivity contribution in [3.05, 3.63) is 35.9 Å². The lowest BCUT2D eigenvalue weighted by Gasteiger charge is -2.22. The van der Waals surface area contributed by atoms with Gasteiger partial charge in [-0.15, -0.1) is 0 Å². The van der Waals surface area contributed by atoms with E-state index in [-0.39, 0.29) is 18.6 Å². The first kappa shape index (κ1) is 14.9. The van der Waals surface area contributed by atoms with Crippen LogP contribution in [0.4, 0.5) is 11.9 Å². The molecule has 1 heterocycles. The third kappa shape index (κ3) is 4.01. The van der Waals surface area contributed by atoms with Crippen LogP contribution in [-0.4, -0.2) is 40.3 Å². The van der Waals surface area contributed by atoms with Crippen molar-refractivity contribution in [2.24, 2.45) is 5.84 Å². The van der Waals surface area contributed by atoms with Gasteiger partial charge in [-0.1, -0.05) is 30.3 Å². The molecule has 1 aromatic heterocycles. The molecule has 0 aliphatic carbocycles. The van der Waals surface area contributed by atoms with Crippen molar-refractivity contribution in [3.63, 3.8) is 0 Å². The van der Waals surface area contributed by atoms with Gasteiger partial charge in [0.25, 0.3) is 0 Å². The van der Waals surface area contributed by atoms with Gasteiger partial charge in [-0.2, -0.15) is 15.0 Å². The average Bonchev–Trinajstić information content (AvgIpc) is 2.55. The Kier molecular flexibility index (Phi) is 5.24. The van der Waals surface area contributed by atoms with Gasteiger partial charge in [0.2, 0.25) is 11.9 Å². The molecule has 21 heavy (non-hydrogen) atoms. The number of nitrogens with two attached hydrogens (primary N) is 1. The lowest BCUT2D eigenvalue weighted by atomic mass is 10.2. The van der Waals surface area contributed by atoms with Crippen LogP contribution in [0.2, 0.25) is 0 Å². The van der Waals surface area contributed by atoms with Crippen LogP contribution in [0.5, 0.6) is 6.01 Å². The lowest BCUT2D eigenvalue weighted by Crippen LogP contribution is -2.29. The smallest absolute Gasteiger partial charge is 0.322 e. The minimum Gasteiger partial charge on any atom is -0.467 e. The van der Waals surface area contributed by atoms with E-state index in [0.717, 1.165) is 5.56 Å². The Morgan fingerprint density at radius 2 is 2.00 bits per heavy atom. The highest BCUT2D eigenvalue weighted by Crippen LogP contribution is 2.16. The molecule has 8 heteroatoms. The number of nitrogens with one attached hydrogen (secondary N) is 1. The van der Waals surface area contributed by atoms with Crippen LogP contribution >= 0.6 is 0 Å². The molecule has 0 bridgehead atoms. The second-order valence-corrected chi connectivity index (χ2v) is 4.22. The summed E-state index contributed by atoms with van der Waals surface area (Å²) in [5, 5.41) is 9.24. The van der Waals surface area contributed by atoms with Crippen molar-refractivity contribution >= 4 is 11.9 Å². The van der Waals surface area contributed by atoms with Gasteiger partial charge in [0.15, 0.2) is 0 Å². The first-order valence-corrected chi connectivity index (χ1v) is 6.43. The summed E-state index contributed by atoms with van der Waals surface area (Å²) in [4.78, 5) is 14.2. The van der Waals surface area contributed by atoms with Crippen molar-refractivity contribution < 1.29 is 9.84 Å². The van der Waals surface area contributed by atoms with E-state index in [4.69, 9.17) is 10.6 Å². The molecule has 0 fully saturated rings. The van der Waals surface area contributed by atoms with Gasteiger partial charge in [-0.25, -0.2) is 5.84 Å². The summed E-state index contributed by atoms with van der Waals surface area (Å²) < 4.78 is 5.03. The molecule has 0 atom stereocenters. The molecule has 0 saturated carbocycles. The Hall–Kier alpha value is -2.45. The van der Waals surface area contributed by atoms with Gasteiger partial charge < -0.3 is 14.7 Å². The number of ether oxygens (including phenoxy) is 1. The van der Waals surface area contributed by atoms with E-state index in [1.807, 2.05) is 35.2 Å². The molecule has 2 aromatic rings. The maximum atomic E-state index is 9.24. The Labute approximate surface area is 122 Å². The Morgan fingerprint density at radius 3 is 2.62 bits per heavy atom. The number of aliphatic hydroxyl groups is 1. The SMILES string of the molecule is COc1nc(NN)nc(N(CCO)Cc2ccccc2)n1. The second kappa shape index (κ2) is 7.36. The number of hydrogen-bond acceptors (Lipinski definition) is 8. The van der Waals surface area contributed by atoms with E-state index >= 15 is 0 Å². The van der Waals surface area contributed by atoms with Crippen molar-refractivity contribution in [1.82, 2.24) is 15.0 Å². The first-order chi connectivity index (χ1) is 10.3. The number of aliphatic hydroxyl groups excluding tert-OH is 1. The number of hydrazine groups is 1. The molecule has 4 N–H and O–H groups in total. The van der Waals surface area contributed by atoms with Crippen LogP contribution in [0.1, 0.15) is 5.56 Å². The molecule has 0 unspecified atom stereocenters. The topological polar surface area (TPSA) is 109 Å². The zero-order valence-electron chi connectivity index (χ0n) is 11.7. The van der Waals surface area contributed by atoms with Crippen molar-refractivity contribution in [3.8, 4) is 6.01 Å². The zero-order chi connectivity index (χ0) is 15.1. The highest BCUT2D eigenvalue weighted by Gasteiger charge is 2.14. The molecule has 0 saturated heterocycles. The molecular weight excluding hydrogens is 272 g/mol. The fourth-order valence-corrected chi connectivity index (χ4v) is 1.82. The summed E-state index contributed by atoms with van der Waals surface area (Å²) >= 11 is 0. The first-order valence-electron chi connectivity index (χ1n) is 6.43. The number of rotatable bonds is 7. The third-order valence-electron chi connectivity index (χ3n) is 2.78. The highest BCUT2D eigenvalue weighted by atomic mass is 16.5. The second-order valence-electron chi connectivity index (χ2n) is 4.22. The molecular formula is C13H18N6O2. The van der Waals surface area contributed by atoms with E-state index in [1.165, 1.54) is 7.11 Å². The number of methoxy groups -OCH3 is 1. The van der Waals surface area contributed by atoms with E-state index in [1.54, 1.807) is 0 Å². The molecule has 2 rings (SSSR count). The van der Waals surface area contributed by atoms with Gasteiger partial charge in [0.05, 0.1) is 13.7 Å². The molecule has 112 valence electrons. The van der Waals surface area contributed by atoms with Gasteiger partial charge in [-0.05, 0) is 5.56 Å². The summed E-state index contributed by atoms with van der Waals surface area (Å²) in [6.07, 6.45) is 0. The quantitative estimate of drug-likeness (QED) is 0.489. The fourth-order valence-electron chi connectivity index (χ4n) is 1.82. The Morgan fingerprint density at radius 1 is 1.24 bits per heavy atom. The van der Waals surface area contributed by atoms with Crippen LogP contribution in [0.25, 0.3) is 0 Å². The van der Waals surface area contributed by atoms with Crippen LogP contribution in [0, 0.1) is 0 Å². The molecule has 1 aromatic carbocycles. The van der Waals surface area contributed by atoms with Crippen molar-refractivity contribution in [1.29, 1.82) is 0 Å². The molecule has 0 spiro atoms. The van der Waals surface area contributed by atoms with E-state index in [2.05, 4.69) is 20.4 Å². The summed E-state index contributed by atoms with van der Waals surface area (Å²) in [5.74, 6) is 5.93. The normalized spacial score (nSPS) is 10.2. The average molecular weight is 290 g/mol. The number of benzene rings is 1. The largest absolute Gasteiger partial charge is 0.467 e. The Balaban J connectivity index is 2.28. The predicted octanol–water partition coefficient (Wildman–Crippen LogP) is 0.165. The van der Waals surface area contributed by atoms with Gasteiger partial charge in [0.1, 0.15) is 0 Å². The molecule has 0 amide bonds. The standard InChI is InChI=1S/C13H18N6O2/c1-21-13-16-11(18-14)15-12(17-13)19(7-8-20)9-10-5-3-2-4-6-10/h2-6,20H,7-9,14H2,1H3,(H,15,16,17,18). The molecule has 0 aliphatic heterocycles. The van der Waals surface area contributed by atoms with Crippen molar-refractivity contribution in [2.45, 2.75) is 6.54 Å². The molecule has 0 radical (unpaired) electrons. The molecule has 8 nitrogen and oxygen atoms in total. The maximum absolute atomic E-state index is 9.24. The highest BCUT2D eigenvalue weighted by molar-refractivity contribution is 5.38. The zero-order valence-corrected chi connectivity index (χ0v) is 11.7. The van der Waals surface area contributed by atoms with E-state index in [0.29, 0.717) is 19.0 Å². The number of anilines is 2. The number of hydrogen-bond donors (Lipinski definition) is 3. The summed E-state index contributed by atoms with van der Waals surface area (Å²) in [5.41, 5.74) is 3.45. The van der Waals surface area contributed by atoms with E-state index < -0.39 is 0 Å². The third-order valence-corrected chi connectivity index (χ3v) is 2.78. The molecule has 0 aliphatic rings. The summed E-state index contributed by atoms with van der Waals surface area (Å²) in [7, 11) is 1.47. The van der Waals surface area contributed by atoms with Gasteiger partial charge in [-0.3, -0.25) is 5.43 Å². The minimum atomic E-state index is -0.0216. The number of nitrogens with zero attached hydrogens (tertiary/aromatic N) is 4. The summed E-state index contributed by atoms with van der Waals surface area (Å²) in [6, 6.07) is 9.99. The van der Waals surface area contributed by atoms with Crippen LogP contribution in [0.15, 0.2) is 30.3 Å². The monoisotopic (exact) mass is 290 g/mol. The van der Waals surface area contributed by atoms with Crippen LogP contribution in [0.3, 0.4) is 0 Å². The maximum Gasteiger partial charge on any atom is 0.322 e. The van der Waals surface area contributed by atoms with Gasteiger partial charge >= 0.3 is 6.01 Å². The number of aromatic nitrogens is 3.